The van der Waals surface area contributed by atoms with Crippen LogP contribution in [0.2, 0.25) is 4.34 Å². The zero-order valence-electron chi connectivity index (χ0n) is 9.45. The smallest absolute Gasteiger partial charge is 0.137 e. The second kappa shape index (κ2) is 4.72. The summed E-state index contributed by atoms with van der Waals surface area (Å²) in [4.78, 5) is 5.46. The Morgan fingerprint density at radius 2 is 2.22 bits per heavy atom. The zero-order chi connectivity index (χ0) is 12.5. The highest BCUT2D eigenvalue weighted by Crippen LogP contribution is 2.26. The van der Waals surface area contributed by atoms with Crippen molar-refractivity contribution in [3.63, 3.8) is 0 Å². The van der Waals surface area contributed by atoms with Crippen LogP contribution in [0.5, 0.6) is 0 Å². The average molecular weight is 279 g/mol. The van der Waals surface area contributed by atoms with Gasteiger partial charge in [0, 0.05) is 23.7 Å². The van der Waals surface area contributed by atoms with E-state index >= 15 is 0 Å². The molecule has 3 rings (SSSR count). The van der Waals surface area contributed by atoms with Gasteiger partial charge in [-0.05, 0) is 24.3 Å². The van der Waals surface area contributed by atoms with Crippen LogP contribution in [0.1, 0.15) is 16.7 Å². The van der Waals surface area contributed by atoms with Gasteiger partial charge < -0.3 is 9.51 Å². The SMILES string of the molecule is OC(Cc1ccc(Cl)s1)c1cn2ccccc2n1. The molecule has 18 heavy (non-hydrogen) atoms. The van der Waals surface area contributed by atoms with Crippen LogP contribution in [-0.2, 0) is 6.42 Å². The molecule has 3 nitrogen and oxygen atoms in total. The standard InChI is InChI=1S/C13H11ClN2OS/c14-12-5-4-9(18-12)7-11(17)10-8-16-6-2-1-3-13(16)15-10/h1-6,8,11,17H,7H2. The first-order valence-electron chi connectivity index (χ1n) is 5.58. The Morgan fingerprint density at radius 1 is 1.33 bits per heavy atom. The number of hydrogen-bond donors (Lipinski definition) is 1. The fraction of sp³-hybridized carbons (Fsp3) is 0.154. The Kier molecular flexibility index (Phi) is 3.07. The average Bonchev–Trinajstić information content (AvgIpc) is 2.95. The third kappa shape index (κ3) is 2.27. The Labute approximate surface area is 113 Å². The molecule has 0 aliphatic heterocycles. The van der Waals surface area contributed by atoms with Crippen LogP contribution in [0, 0.1) is 0 Å². The molecule has 5 heteroatoms. The maximum absolute atomic E-state index is 10.2. The molecule has 92 valence electrons. The number of aliphatic hydroxyl groups is 1. The van der Waals surface area contributed by atoms with Gasteiger partial charge in [0.05, 0.1) is 10.0 Å². The summed E-state index contributed by atoms with van der Waals surface area (Å²) in [6.45, 7) is 0. The molecular formula is C13H11ClN2OS. The van der Waals surface area contributed by atoms with Crippen molar-refractivity contribution >= 4 is 28.6 Å². The second-order valence-corrected chi connectivity index (χ2v) is 5.86. The monoisotopic (exact) mass is 278 g/mol. The lowest BCUT2D eigenvalue weighted by Crippen LogP contribution is -2.00. The van der Waals surface area contributed by atoms with Gasteiger partial charge in [0.2, 0.25) is 0 Å². The highest BCUT2D eigenvalue weighted by Gasteiger charge is 2.13. The summed E-state index contributed by atoms with van der Waals surface area (Å²) in [6.07, 6.45) is 3.72. The van der Waals surface area contributed by atoms with E-state index in [0.29, 0.717) is 12.1 Å². The van der Waals surface area contributed by atoms with Gasteiger partial charge in [-0.15, -0.1) is 11.3 Å². The number of imidazole rings is 1. The molecule has 0 aromatic carbocycles. The fourth-order valence-electron chi connectivity index (χ4n) is 1.87. The summed E-state index contributed by atoms with van der Waals surface area (Å²) in [6, 6.07) is 9.56. The molecule has 3 aromatic rings. The highest BCUT2D eigenvalue weighted by molar-refractivity contribution is 7.16. The van der Waals surface area contributed by atoms with Gasteiger partial charge in [0.15, 0.2) is 0 Å². The summed E-state index contributed by atoms with van der Waals surface area (Å²) in [5.41, 5.74) is 1.53. The molecule has 0 saturated heterocycles. The van der Waals surface area contributed by atoms with Crippen molar-refractivity contribution in [2.24, 2.45) is 0 Å². The molecule has 0 aliphatic rings. The maximum Gasteiger partial charge on any atom is 0.137 e. The predicted octanol–water partition coefficient (Wildman–Crippen LogP) is 3.33. The molecule has 0 saturated carbocycles. The van der Waals surface area contributed by atoms with E-state index in [2.05, 4.69) is 4.98 Å². The Balaban J connectivity index is 1.85. The van der Waals surface area contributed by atoms with Crippen molar-refractivity contribution in [3.05, 3.63) is 57.6 Å². The topological polar surface area (TPSA) is 37.5 Å². The lowest BCUT2D eigenvalue weighted by molar-refractivity contribution is 0.175. The maximum atomic E-state index is 10.2. The van der Waals surface area contributed by atoms with E-state index < -0.39 is 6.10 Å². The minimum Gasteiger partial charge on any atom is -0.386 e. The van der Waals surface area contributed by atoms with Gasteiger partial charge in [-0.2, -0.15) is 0 Å². The number of thiophene rings is 1. The molecule has 0 spiro atoms. The number of hydrogen-bond acceptors (Lipinski definition) is 3. The number of aromatic nitrogens is 2. The first-order valence-corrected chi connectivity index (χ1v) is 6.78. The molecule has 3 aromatic heterocycles. The van der Waals surface area contributed by atoms with Crippen molar-refractivity contribution < 1.29 is 5.11 Å². The number of aliphatic hydroxyl groups excluding tert-OH is 1. The van der Waals surface area contributed by atoms with E-state index in [4.69, 9.17) is 11.6 Å². The lowest BCUT2D eigenvalue weighted by Gasteiger charge is -2.04. The summed E-state index contributed by atoms with van der Waals surface area (Å²) in [5, 5.41) is 10.2. The van der Waals surface area contributed by atoms with Crippen LogP contribution in [0.15, 0.2) is 42.7 Å². The van der Waals surface area contributed by atoms with Crippen molar-refractivity contribution in [3.8, 4) is 0 Å². The third-order valence-corrected chi connectivity index (χ3v) is 4.00. The number of fused-ring (bicyclic) bond motifs is 1. The van der Waals surface area contributed by atoms with E-state index in [0.717, 1.165) is 14.9 Å². The van der Waals surface area contributed by atoms with E-state index in [-0.39, 0.29) is 0 Å². The largest absolute Gasteiger partial charge is 0.386 e. The number of nitrogens with zero attached hydrogens (tertiary/aromatic N) is 2. The van der Waals surface area contributed by atoms with Gasteiger partial charge in [-0.1, -0.05) is 17.7 Å². The Bertz CT molecular complexity index is 643. The molecular weight excluding hydrogens is 268 g/mol. The molecule has 3 heterocycles. The molecule has 0 aliphatic carbocycles. The number of pyridine rings is 1. The lowest BCUT2D eigenvalue weighted by atomic mass is 10.2. The zero-order valence-corrected chi connectivity index (χ0v) is 11.0. The summed E-state index contributed by atoms with van der Waals surface area (Å²) in [7, 11) is 0. The van der Waals surface area contributed by atoms with Gasteiger partial charge in [0.1, 0.15) is 11.8 Å². The van der Waals surface area contributed by atoms with Gasteiger partial charge in [-0.25, -0.2) is 4.98 Å². The Hall–Kier alpha value is -1.36. The molecule has 0 amide bonds. The minimum atomic E-state index is -0.598. The Morgan fingerprint density at radius 3 is 2.94 bits per heavy atom. The first kappa shape index (κ1) is 11.7. The molecule has 1 unspecified atom stereocenters. The number of rotatable bonds is 3. The quantitative estimate of drug-likeness (QED) is 0.798. The second-order valence-electron chi connectivity index (χ2n) is 4.06. The van der Waals surface area contributed by atoms with Gasteiger partial charge >= 0.3 is 0 Å². The molecule has 0 bridgehead atoms. The van der Waals surface area contributed by atoms with Crippen LogP contribution in [0.4, 0.5) is 0 Å². The van der Waals surface area contributed by atoms with Crippen molar-refractivity contribution in [2.45, 2.75) is 12.5 Å². The van der Waals surface area contributed by atoms with E-state index in [1.165, 1.54) is 11.3 Å². The summed E-state index contributed by atoms with van der Waals surface area (Å²) >= 11 is 7.36. The van der Waals surface area contributed by atoms with Crippen molar-refractivity contribution in [1.29, 1.82) is 0 Å². The van der Waals surface area contributed by atoms with Gasteiger partial charge in [0.25, 0.3) is 0 Å². The van der Waals surface area contributed by atoms with Crippen molar-refractivity contribution in [1.82, 2.24) is 9.38 Å². The summed E-state index contributed by atoms with van der Waals surface area (Å²) in [5.74, 6) is 0. The number of halogens is 1. The minimum absolute atomic E-state index is 0.543. The van der Waals surface area contributed by atoms with E-state index in [1.807, 2.05) is 47.1 Å². The predicted molar refractivity (Wildman–Crippen MR) is 73.2 cm³/mol. The van der Waals surface area contributed by atoms with E-state index in [1.54, 1.807) is 0 Å². The molecule has 0 fully saturated rings. The molecule has 1 atom stereocenters. The van der Waals surface area contributed by atoms with Crippen LogP contribution in [0.25, 0.3) is 5.65 Å². The summed E-state index contributed by atoms with van der Waals surface area (Å²) < 4.78 is 2.65. The fourth-order valence-corrected chi connectivity index (χ4v) is 3.00. The third-order valence-electron chi connectivity index (χ3n) is 2.75. The van der Waals surface area contributed by atoms with Crippen LogP contribution in [0.3, 0.4) is 0 Å². The van der Waals surface area contributed by atoms with Crippen molar-refractivity contribution in [2.75, 3.05) is 0 Å². The van der Waals surface area contributed by atoms with Crippen LogP contribution >= 0.6 is 22.9 Å². The first-order chi connectivity index (χ1) is 8.72. The van der Waals surface area contributed by atoms with Crippen LogP contribution in [-0.4, -0.2) is 14.5 Å². The molecule has 1 N–H and O–H groups in total. The molecule has 0 radical (unpaired) electrons. The van der Waals surface area contributed by atoms with Gasteiger partial charge in [-0.3, -0.25) is 0 Å². The van der Waals surface area contributed by atoms with E-state index in [9.17, 15) is 5.11 Å². The highest BCUT2D eigenvalue weighted by atomic mass is 35.5. The van der Waals surface area contributed by atoms with Crippen LogP contribution < -0.4 is 0 Å². The normalized spacial score (nSPS) is 13.0.